The Morgan fingerprint density at radius 2 is 1.95 bits per heavy atom. The standard InChI is InChI=1S/C16H20N2O3/c1-16(2,3)18-14(19)9-17-15(20)12-8-11-6-4-5-7-13(11)21-10-12/h4-8H,9-10H2,1-3H3,(H,17,20)(H,18,19). The summed E-state index contributed by atoms with van der Waals surface area (Å²) in [5.74, 6) is 0.265. The van der Waals surface area contributed by atoms with Gasteiger partial charge in [0.1, 0.15) is 12.4 Å². The molecular formula is C16H20N2O3. The van der Waals surface area contributed by atoms with Gasteiger partial charge >= 0.3 is 0 Å². The van der Waals surface area contributed by atoms with Gasteiger partial charge in [0.25, 0.3) is 5.91 Å². The number of rotatable bonds is 3. The normalized spacial score (nSPS) is 13.6. The molecule has 0 aromatic heterocycles. The third-order valence-electron chi connectivity index (χ3n) is 2.85. The second kappa shape index (κ2) is 5.99. The number of nitrogens with one attached hydrogen (secondary N) is 2. The molecule has 1 heterocycles. The van der Waals surface area contributed by atoms with E-state index in [4.69, 9.17) is 4.74 Å². The van der Waals surface area contributed by atoms with Crippen molar-refractivity contribution in [2.24, 2.45) is 0 Å². The summed E-state index contributed by atoms with van der Waals surface area (Å²) in [5, 5.41) is 5.39. The lowest BCUT2D eigenvalue weighted by Crippen LogP contribution is -2.46. The Kier molecular flexibility index (Phi) is 4.31. The summed E-state index contributed by atoms with van der Waals surface area (Å²) < 4.78 is 5.51. The van der Waals surface area contributed by atoms with Crippen molar-refractivity contribution >= 4 is 17.9 Å². The maximum atomic E-state index is 12.0. The number of benzene rings is 1. The molecule has 2 N–H and O–H groups in total. The van der Waals surface area contributed by atoms with Gasteiger partial charge in [-0.05, 0) is 32.9 Å². The molecule has 2 rings (SSSR count). The molecule has 5 heteroatoms. The minimum atomic E-state index is -0.312. The molecule has 1 aliphatic rings. The molecule has 5 nitrogen and oxygen atoms in total. The molecule has 112 valence electrons. The van der Waals surface area contributed by atoms with Crippen LogP contribution in [0.5, 0.6) is 5.75 Å². The molecule has 1 aliphatic heterocycles. The zero-order valence-electron chi connectivity index (χ0n) is 12.5. The summed E-state index contributed by atoms with van der Waals surface area (Å²) >= 11 is 0. The first-order valence-corrected chi connectivity index (χ1v) is 6.87. The van der Waals surface area contributed by atoms with Gasteiger partial charge in [0.2, 0.25) is 5.91 Å². The summed E-state index contributed by atoms with van der Waals surface area (Å²) in [6.07, 6.45) is 1.79. The van der Waals surface area contributed by atoms with E-state index < -0.39 is 0 Å². The van der Waals surface area contributed by atoms with Gasteiger partial charge in [-0.3, -0.25) is 9.59 Å². The van der Waals surface area contributed by atoms with Crippen molar-refractivity contribution in [3.8, 4) is 5.75 Å². The van der Waals surface area contributed by atoms with Crippen LogP contribution < -0.4 is 15.4 Å². The Bertz CT molecular complexity index is 585. The molecule has 0 bridgehead atoms. The molecule has 1 aromatic carbocycles. The van der Waals surface area contributed by atoms with Crippen LogP contribution in [-0.2, 0) is 9.59 Å². The number of carbonyl (C=O) groups is 2. The summed E-state index contributed by atoms with van der Waals surface area (Å²) in [6, 6.07) is 7.51. The first-order chi connectivity index (χ1) is 9.85. The Balaban J connectivity index is 1.93. The molecule has 0 fully saturated rings. The van der Waals surface area contributed by atoms with E-state index in [9.17, 15) is 9.59 Å². The predicted octanol–water partition coefficient (Wildman–Crippen LogP) is 1.49. The van der Waals surface area contributed by atoms with Crippen LogP contribution in [0.4, 0.5) is 0 Å². The highest BCUT2D eigenvalue weighted by Gasteiger charge is 2.18. The number of carbonyl (C=O) groups excluding carboxylic acids is 2. The van der Waals surface area contributed by atoms with Crippen LogP contribution in [0.2, 0.25) is 0 Å². The molecule has 2 amide bonds. The number of ether oxygens (including phenoxy) is 1. The molecule has 0 aliphatic carbocycles. The van der Waals surface area contributed by atoms with Gasteiger partial charge in [0.05, 0.1) is 12.1 Å². The van der Waals surface area contributed by atoms with Gasteiger partial charge < -0.3 is 15.4 Å². The lowest BCUT2D eigenvalue weighted by atomic mass is 10.1. The highest BCUT2D eigenvalue weighted by Crippen LogP contribution is 2.25. The fourth-order valence-electron chi connectivity index (χ4n) is 1.98. The van der Waals surface area contributed by atoms with Crippen LogP contribution in [-0.4, -0.2) is 30.5 Å². The fourth-order valence-corrected chi connectivity index (χ4v) is 1.98. The summed E-state index contributed by atoms with van der Waals surface area (Å²) in [7, 11) is 0. The topological polar surface area (TPSA) is 67.4 Å². The number of hydrogen-bond acceptors (Lipinski definition) is 3. The molecule has 0 radical (unpaired) electrons. The maximum absolute atomic E-state index is 12.0. The molecule has 0 saturated carbocycles. The minimum absolute atomic E-state index is 0.0465. The molecule has 21 heavy (non-hydrogen) atoms. The first kappa shape index (κ1) is 15.1. The number of para-hydroxylation sites is 1. The molecule has 1 aromatic rings. The number of fused-ring (bicyclic) bond motifs is 1. The minimum Gasteiger partial charge on any atom is -0.488 e. The van der Waals surface area contributed by atoms with Crippen LogP contribution in [0.3, 0.4) is 0 Å². The smallest absolute Gasteiger partial charge is 0.251 e. The van der Waals surface area contributed by atoms with E-state index in [1.54, 1.807) is 6.08 Å². The second-order valence-corrected chi connectivity index (χ2v) is 5.98. The van der Waals surface area contributed by atoms with Crippen LogP contribution in [0.15, 0.2) is 29.8 Å². The molecule has 0 atom stereocenters. The molecule has 0 unspecified atom stereocenters. The Morgan fingerprint density at radius 1 is 1.24 bits per heavy atom. The summed E-state index contributed by atoms with van der Waals surface area (Å²) in [5.41, 5.74) is 1.07. The van der Waals surface area contributed by atoms with Crippen molar-refractivity contribution < 1.29 is 14.3 Å². The largest absolute Gasteiger partial charge is 0.488 e. The van der Waals surface area contributed by atoms with Crippen LogP contribution in [0, 0.1) is 0 Å². The Morgan fingerprint density at radius 3 is 2.67 bits per heavy atom. The average Bonchev–Trinajstić information content (AvgIpc) is 2.42. The second-order valence-electron chi connectivity index (χ2n) is 5.98. The zero-order chi connectivity index (χ0) is 15.5. The van der Waals surface area contributed by atoms with Crippen molar-refractivity contribution in [2.75, 3.05) is 13.2 Å². The summed E-state index contributed by atoms with van der Waals surface area (Å²) in [6.45, 7) is 5.84. The van der Waals surface area contributed by atoms with E-state index >= 15 is 0 Å². The Hall–Kier alpha value is -2.30. The lowest BCUT2D eigenvalue weighted by Gasteiger charge is -2.21. The van der Waals surface area contributed by atoms with E-state index in [1.165, 1.54) is 0 Å². The van der Waals surface area contributed by atoms with Crippen molar-refractivity contribution in [2.45, 2.75) is 26.3 Å². The quantitative estimate of drug-likeness (QED) is 0.885. The predicted molar refractivity (Wildman–Crippen MR) is 80.8 cm³/mol. The van der Waals surface area contributed by atoms with Crippen molar-refractivity contribution in [3.05, 3.63) is 35.4 Å². The Labute approximate surface area is 124 Å². The zero-order valence-corrected chi connectivity index (χ0v) is 12.5. The van der Waals surface area contributed by atoms with E-state index in [-0.39, 0.29) is 30.5 Å². The average molecular weight is 288 g/mol. The highest BCUT2D eigenvalue weighted by molar-refractivity contribution is 6.00. The van der Waals surface area contributed by atoms with Crippen LogP contribution in [0.1, 0.15) is 26.3 Å². The number of hydrogen-bond donors (Lipinski definition) is 2. The highest BCUT2D eigenvalue weighted by atomic mass is 16.5. The molecule has 0 saturated heterocycles. The van der Waals surface area contributed by atoms with Gasteiger partial charge in [-0.1, -0.05) is 18.2 Å². The molecular weight excluding hydrogens is 268 g/mol. The van der Waals surface area contributed by atoms with Gasteiger partial charge in [-0.25, -0.2) is 0 Å². The number of amides is 2. The maximum Gasteiger partial charge on any atom is 0.251 e. The van der Waals surface area contributed by atoms with E-state index in [0.29, 0.717) is 5.57 Å². The third kappa shape index (κ3) is 4.34. The lowest BCUT2D eigenvalue weighted by molar-refractivity contribution is -0.125. The van der Waals surface area contributed by atoms with E-state index in [0.717, 1.165) is 11.3 Å². The van der Waals surface area contributed by atoms with Gasteiger partial charge in [0.15, 0.2) is 0 Å². The van der Waals surface area contributed by atoms with Crippen molar-refractivity contribution in [1.29, 1.82) is 0 Å². The first-order valence-electron chi connectivity index (χ1n) is 6.87. The SMILES string of the molecule is CC(C)(C)NC(=O)CNC(=O)C1=Cc2ccccc2OC1. The van der Waals surface area contributed by atoms with E-state index in [2.05, 4.69) is 10.6 Å². The van der Waals surface area contributed by atoms with Gasteiger partial charge in [-0.2, -0.15) is 0 Å². The fraction of sp³-hybridized carbons (Fsp3) is 0.375. The monoisotopic (exact) mass is 288 g/mol. The summed E-state index contributed by atoms with van der Waals surface area (Å²) in [4.78, 5) is 23.7. The van der Waals surface area contributed by atoms with Crippen molar-refractivity contribution in [3.63, 3.8) is 0 Å². The van der Waals surface area contributed by atoms with Gasteiger partial charge in [0, 0.05) is 11.1 Å². The third-order valence-corrected chi connectivity index (χ3v) is 2.85. The van der Waals surface area contributed by atoms with Crippen LogP contribution >= 0.6 is 0 Å². The van der Waals surface area contributed by atoms with Gasteiger partial charge in [-0.15, -0.1) is 0 Å². The van der Waals surface area contributed by atoms with Crippen molar-refractivity contribution in [1.82, 2.24) is 10.6 Å². The molecule has 0 spiro atoms. The van der Waals surface area contributed by atoms with Crippen LogP contribution in [0.25, 0.3) is 6.08 Å². The van der Waals surface area contributed by atoms with E-state index in [1.807, 2.05) is 45.0 Å².